The van der Waals surface area contributed by atoms with Gasteiger partial charge in [0.05, 0.1) is 6.10 Å². The van der Waals surface area contributed by atoms with Crippen molar-refractivity contribution in [3.05, 3.63) is 35.9 Å². The number of benzene rings is 1. The predicted molar refractivity (Wildman–Crippen MR) is 90.6 cm³/mol. The number of rotatable bonds is 5. The molecule has 0 aromatic heterocycles. The van der Waals surface area contributed by atoms with Crippen LogP contribution < -0.4 is 0 Å². The summed E-state index contributed by atoms with van der Waals surface area (Å²) in [6.45, 7) is 7.88. The van der Waals surface area contributed by atoms with E-state index in [-0.39, 0.29) is 6.04 Å². The molecule has 5 heteroatoms. The van der Waals surface area contributed by atoms with E-state index in [4.69, 9.17) is 0 Å². The number of amides is 1. The standard InChI is InChI=1S/C18H28N2O3/c1-18(2,3)20(17(22)23)15-9-10-19(12-15)13-16(21)11-14-7-5-4-6-8-14/h4-8,15-16,21H,9-13H2,1-3H3,(H,22,23). The molecule has 1 heterocycles. The summed E-state index contributed by atoms with van der Waals surface area (Å²) < 4.78 is 0. The third kappa shape index (κ3) is 4.94. The van der Waals surface area contributed by atoms with Gasteiger partial charge in [-0.15, -0.1) is 0 Å². The topological polar surface area (TPSA) is 64.0 Å². The average Bonchev–Trinajstić information content (AvgIpc) is 2.85. The smallest absolute Gasteiger partial charge is 0.408 e. The van der Waals surface area contributed by atoms with Crippen LogP contribution in [-0.2, 0) is 6.42 Å². The Morgan fingerprint density at radius 1 is 1.35 bits per heavy atom. The van der Waals surface area contributed by atoms with Crippen LogP contribution in [0.1, 0.15) is 32.8 Å². The lowest BCUT2D eigenvalue weighted by Crippen LogP contribution is -2.52. The van der Waals surface area contributed by atoms with Crippen molar-refractivity contribution >= 4 is 6.09 Å². The van der Waals surface area contributed by atoms with Crippen LogP contribution in [0.4, 0.5) is 4.79 Å². The maximum atomic E-state index is 11.6. The first-order valence-corrected chi connectivity index (χ1v) is 8.24. The van der Waals surface area contributed by atoms with E-state index < -0.39 is 17.7 Å². The number of aliphatic hydroxyl groups is 1. The lowest BCUT2D eigenvalue weighted by Gasteiger charge is -2.38. The molecule has 1 saturated heterocycles. The van der Waals surface area contributed by atoms with Gasteiger partial charge in [0, 0.05) is 31.2 Å². The van der Waals surface area contributed by atoms with Gasteiger partial charge in [0.15, 0.2) is 0 Å². The van der Waals surface area contributed by atoms with Gasteiger partial charge < -0.3 is 10.2 Å². The van der Waals surface area contributed by atoms with Crippen molar-refractivity contribution < 1.29 is 15.0 Å². The van der Waals surface area contributed by atoms with E-state index in [2.05, 4.69) is 4.90 Å². The molecule has 23 heavy (non-hydrogen) atoms. The Morgan fingerprint density at radius 2 is 2.00 bits per heavy atom. The van der Waals surface area contributed by atoms with Gasteiger partial charge in [-0.05, 0) is 39.2 Å². The monoisotopic (exact) mass is 320 g/mol. The molecule has 0 saturated carbocycles. The number of β-amino-alcohol motifs (C(OH)–C–C–N with tert-alkyl or cyclic N) is 1. The van der Waals surface area contributed by atoms with Gasteiger partial charge in [-0.25, -0.2) is 4.79 Å². The maximum absolute atomic E-state index is 11.6. The molecule has 5 nitrogen and oxygen atoms in total. The molecule has 1 aromatic carbocycles. The number of aliphatic hydroxyl groups excluding tert-OH is 1. The van der Waals surface area contributed by atoms with Crippen molar-refractivity contribution in [1.82, 2.24) is 9.80 Å². The summed E-state index contributed by atoms with van der Waals surface area (Å²) in [5.74, 6) is 0. The van der Waals surface area contributed by atoms with E-state index in [1.807, 2.05) is 51.1 Å². The second kappa shape index (κ2) is 7.32. The molecule has 2 rings (SSSR count). The van der Waals surface area contributed by atoms with Gasteiger partial charge in [0.1, 0.15) is 0 Å². The van der Waals surface area contributed by atoms with Gasteiger partial charge in [0.25, 0.3) is 0 Å². The molecule has 2 unspecified atom stereocenters. The van der Waals surface area contributed by atoms with Gasteiger partial charge in [-0.2, -0.15) is 0 Å². The minimum atomic E-state index is -0.866. The van der Waals surface area contributed by atoms with Crippen molar-refractivity contribution in [2.24, 2.45) is 0 Å². The number of hydrogen-bond donors (Lipinski definition) is 2. The summed E-state index contributed by atoms with van der Waals surface area (Å²) in [5, 5.41) is 19.8. The minimum absolute atomic E-state index is 0.00331. The van der Waals surface area contributed by atoms with Crippen molar-refractivity contribution in [3.63, 3.8) is 0 Å². The highest BCUT2D eigenvalue weighted by atomic mass is 16.4. The molecule has 1 aliphatic heterocycles. The first kappa shape index (κ1) is 17.8. The Morgan fingerprint density at radius 3 is 2.57 bits per heavy atom. The van der Waals surface area contributed by atoms with E-state index >= 15 is 0 Å². The zero-order chi connectivity index (χ0) is 17.0. The molecular formula is C18H28N2O3. The van der Waals surface area contributed by atoms with Crippen LogP contribution in [0.3, 0.4) is 0 Å². The first-order chi connectivity index (χ1) is 10.8. The van der Waals surface area contributed by atoms with Crippen LogP contribution in [0.2, 0.25) is 0 Å². The number of hydrogen-bond acceptors (Lipinski definition) is 3. The Labute approximate surface area is 138 Å². The first-order valence-electron chi connectivity index (χ1n) is 8.24. The van der Waals surface area contributed by atoms with Crippen molar-refractivity contribution in [2.45, 2.75) is 51.3 Å². The molecule has 1 aromatic rings. The van der Waals surface area contributed by atoms with Crippen LogP contribution in [0.15, 0.2) is 30.3 Å². The highest BCUT2D eigenvalue weighted by molar-refractivity contribution is 5.66. The molecule has 128 valence electrons. The summed E-state index contributed by atoms with van der Waals surface area (Å²) >= 11 is 0. The molecule has 2 atom stereocenters. The Kier molecular flexibility index (Phi) is 5.65. The number of carboxylic acid groups (broad SMARTS) is 1. The summed E-state index contributed by atoms with van der Waals surface area (Å²) in [7, 11) is 0. The van der Waals surface area contributed by atoms with Gasteiger partial charge in [0.2, 0.25) is 0 Å². The lowest BCUT2D eigenvalue weighted by molar-refractivity contribution is 0.0685. The minimum Gasteiger partial charge on any atom is -0.465 e. The largest absolute Gasteiger partial charge is 0.465 e. The molecule has 2 N–H and O–H groups in total. The van der Waals surface area contributed by atoms with E-state index in [9.17, 15) is 15.0 Å². The van der Waals surface area contributed by atoms with Gasteiger partial charge in [-0.3, -0.25) is 9.80 Å². The second-order valence-corrected chi connectivity index (χ2v) is 7.37. The third-order valence-electron chi connectivity index (χ3n) is 4.32. The van der Waals surface area contributed by atoms with Crippen molar-refractivity contribution in [3.8, 4) is 0 Å². The highest BCUT2D eigenvalue weighted by Gasteiger charge is 2.37. The summed E-state index contributed by atoms with van der Waals surface area (Å²) in [4.78, 5) is 15.3. The number of likely N-dealkylation sites (tertiary alicyclic amines) is 1. The van der Waals surface area contributed by atoms with Crippen LogP contribution in [-0.4, -0.2) is 63.4 Å². The fraction of sp³-hybridized carbons (Fsp3) is 0.611. The quantitative estimate of drug-likeness (QED) is 0.875. The normalized spacial score (nSPS) is 20.4. The summed E-state index contributed by atoms with van der Waals surface area (Å²) in [5.41, 5.74) is 0.715. The predicted octanol–water partition coefficient (Wildman–Crippen LogP) is 2.44. The fourth-order valence-electron chi connectivity index (χ4n) is 3.43. The maximum Gasteiger partial charge on any atom is 0.408 e. The zero-order valence-electron chi connectivity index (χ0n) is 14.3. The summed E-state index contributed by atoms with van der Waals surface area (Å²) in [6.07, 6.45) is 0.157. The highest BCUT2D eigenvalue weighted by Crippen LogP contribution is 2.24. The lowest BCUT2D eigenvalue weighted by atomic mass is 10.0. The molecule has 0 radical (unpaired) electrons. The Hall–Kier alpha value is -1.59. The second-order valence-electron chi connectivity index (χ2n) is 7.37. The van der Waals surface area contributed by atoms with Crippen LogP contribution >= 0.6 is 0 Å². The molecule has 1 aliphatic rings. The number of carbonyl (C=O) groups is 1. The third-order valence-corrected chi connectivity index (χ3v) is 4.32. The van der Waals surface area contributed by atoms with E-state index in [1.54, 1.807) is 4.90 Å². The van der Waals surface area contributed by atoms with Crippen molar-refractivity contribution in [1.29, 1.82) is 0 Å². The Bertz CT molecular complexity index is 513. The van der Waals surface area contributed by atoms with Crippen LogP contribution in [0, 0.1) is 0 Å². The summed E-state index contributed by atoms with van der Waals surface area (Å²) in [6, 6.07) is 9.94. The fourth-order valence-corrected chi connectivity index (χ4v) is 3.43. The average molecular weight is 320 g/mol. The molecule has 1 fully saturated rings. The van der Waals surface area contributed by atoms with E-state index in [0.717, 1.165) is 18.5 Å². The van der Waals surface area contributed by atoms with Crippen LogP contribution in [0.5, 0.6) is 0 Å². The molecule has 0 bridgehead atoms. The van der Waals surface area contributed by atoms with Gasteiger partial charge >= 0.3 is 6.09 Å². The molecule has 0 spiro atoms. The van der Waals surface area contributed by atoms with Crippen LogP contribution in [0.25, 0.3) is 0 Å². The van der Waals surface area contributed by atoms with Gasteiger partial charge in [-0.1, -0.05) is 30.3 Å². The van der Waals surface area contributed by atoms with E-state index in [1.165, 1.54) is 0 Å². The Balaban J connectivity index is 1.88. The molecule has 1 amide bonds. The number of nitrogens with zero attached hydrogens (tertiary/aromatic N) is 2. The van der Waals surface area contributed by atoms with Crippen molar-refractivity contribution in [2.75, 3.05) is 19.6 Å². The molecule has 0 aliphatic carbocycles. The zero-order valence-corrected chi connectivity index (χ0v) is 14.3. The SMILES string of the molecule is CC(C)(C)N(C(=O)O)C1CCN(CC(O)Cc2ccccc2)C1. The molecular weight excluding hydrogens is 292 g/mol. The van der Waals surface area contributed by atoms with E-state index in [0.29, 0.717) is 19.5 Å².